The molecule has 2 heterocycles. The molecule has 0 saturated carbocycles. The molecular weight excluding hydrogens is 659 g/mol. The van der Waals surface area contributed by atoms with E-state index in [0.717, 1.165) is 0 Å². The number of aromatic nitrogens is 3. The molecular formula is C29H36BrFN4O6SSi. The van der Waals surface area contributed by atoms with Crippen LogP contribution >= 0.6 is 15.9 Å². The minimum atomic E-state index is -4.33. The minimum absolute atomic E-state index is 0.0256. The Bertz CT molecular complexity index is 1680. The molecule has 0 aliphatic rings. The van der Waals surface area contributed by atoms with Crippen LogP contribution in [0.1, 0.15) is 24.4 Å². The summed E-state index contributed by atoms with van der Waals surface area (Å²) in [5.41, 5.74) is 0.612. The summed E-state index contributed by atoms with van der Waals surface area (Å²) in [6, 6.07) is 13.0. The van der Waals surface area contributed by atoms with E-state index in [1.165, 1.54) is 43.6 Å². The van der Waals surface area contributed by atoms with Crippen LogP contribution in [-0.2, 0) is 10.0 Å². The second-order valence-electron chi connectivity index (χ2n) is 11.3. The third-order valence-corrected chi connectivity index (χ3v) is 11.6. The van der Waals surface area contributed by atoms with Crippen molar-refractivity contribution < 1.29 is 31.8 Å². The van der Waals surface area contributed by atoms with Crippen LogP contribution in [0.4, 0.5) is 10.3 Å². The highest BCUT2D eigenvalue weighted by atomic mass is 79.9. The number of benzene rings is 2. The van der Waals surface area contributed by atoms with Gasteiger partial charge in [-0.15, -0.1) is 10.2 Å². The number of hydrogen-bond acceptors (Lipinski definition) is 8. The number of sulfonamides is 1. The predicted molar refractivity (Wildman–Crippen MR) is 170 cm³/mol. The maximum Gasteiger partial charge on any atom is 0.246 e. The SMILES string of the molecule is COc1cccc(OC)c1-n1c(-c2ccc(C)o2)nnc1N(CC[Si](C)(C)C)S(=O)(=O)[C@H](C)[C@H](O)c1ccc(F)cc1Br. The van der Waals surface area contributed by atoms with Crippen molar-refractivity contribution in [3.05, 3.63) is 70.1 Å². The highest BCUT2D eigenvalue weighted by Crippen LogP contribution is 2.40. The van der Waals surface area contributed by atoms with Crippen molar-refractivity contribution in [2.45, 2.75) is 50.9 Å². The molecule has 0 unspecified atom stereocenters. The Hall–Kier alpha value is -3.20. The number of aryl methyl sites for hydroxylation is 1. The molecule has 0 saturated heterocycles. The van der Waals surface area contributed by atoms with E-state index in [1.54, 1.807) is 41.8 Å². The van der Waals surface area contributed by atoms with Gasteiger partial charge in [0, 0.05) is 19.1 Å². The van der Waals surface area contributed by atoms with Crippen molar-refractivity contribution in [1.29, 1.82) is 0 Å². The van der Waals surface area contributed by atoms with Crippen LogP contribution in [0.2, 0.25) is 25.7 Å². The van der Waals surface area contributed by atoms with Crippen molar-refractivity contribution in [1.82, 2.24) is 14.8 Å². The van der Waals surface area contributed by atoms with Crippen LogP contribution in [0.5, 0.6) is 11.5 Å². The predicted octanol–water partition coefficient (Wildman–Crippen LogP) is 6.35. The summed E-state index contributed by atoms with van der Waals surface area (Å²) in [5.74, 6) is 1.44. The Kier molecular flexibility index (Phi) is 9.74. The number of hydrogen-bond donors (Lipinski definition) is 1. The fraction of sp³-hybridized carbons (Fsp3) is 0.379. The van der Waals surface area contributed by atoms with Crippen LogP contribution < -0.4 is 13.8 Å². The Labute approximate surface area is 260 Å². The largest absolute Gasteiger partial charge is 0.494 e. The lowest BCUT2D eigenvalue weighted by atomic mass is 10.1. The van der Waals surface area contributed by atoms with Crippen LogP contribution in [-0.4, -0.2) is 62.4 Å². The van der Waals surface area contributed by atoms with Crippen molar-refractivity contribution in [2.75, 3.05) is 25.1 Å². The van der Waals surface area contributed by atoms with E-state index in [-0.39, 0.29) is 28.4 Å². The average molecular weight is 696 g/mol. The molecule has 2 aromatic heterocycles. The molecule has 4 rings (SSSR count). The van der Waals surface area contributed by atoms with E-state index in [9.17, 15) is 17.9 Å². The molecule has 1 N–H and O–H groups in total. The van der Waals surface area contributed by atoms with Gasteiger partial charge in [0.1, 0.15) is 34.0 Å². The molecule has 14 heteroatoms. The molecule has 0 fully saturated rings. The number of anilines is 1. The number of ether oxygens (including phenoxy) is 2. The molecule has 2 atom stereocenters. The number of aliphatic hydroxyl groups excluding tert-OH is 1. The van der Waals surface area contributed by atoms with E-state index in [2.05, 4.69) is 45.8 Å². The van der Waals surface area contributed by atoms with Gasteiger partial charge in [-0.3, -0.25) is 4.57 Å². The number of rotatable bonds is 12. The first-order valence-corrected chi connectivity index (χ1v) is 19.6. The highest BCUT2D eigenvalue weighted by molar-refractivity contribution is 9.10. The normalized spacial score (nSPS) is 13.5. The molecule has 0 aliphatic heterocycles. The zero-order valence-corrected chi connectivity index (χ0v) is 28.5. The number of aliphatic hydroxyl groups is 1. The van der Waals surface area contributed by atoms with E-state index < -0.39 is 35.3 Å². The Balaban J connectivity index is 1.97. The van der Waals surface area contributed by atoms with Gasteiger partial charge in [-0.25, -0.2) is 17.1 Å². The fourth-order valence-electron chi connectivity index (χ4n) is 4.55. The van der Waals surface area contributed by atoms with Gasteiger partial charge in [-0.05, 0) is 61.9 Å². The van der Waals surface area contributed by atoms with Gasteiger partial charge in [0.2, 0.25) is 21.8 Å². The Morgan fingerprint density at radius 1 is 1.09 bits per heavy atom. The van der Waals surface area contributed by atoms with Crippen LogP contribution in [0.15, 0.2) is 57.4 Å². The van der Waals surface area contributed by atoms with E-state index >= 15 is 0 Å². The van der Waals surface area contributed by atoms with Crippen molar-refractivity contribution in [3.63, 3.8) is 0 Å². The zero-order valence-electron chi connectivity index (χ0n) is 25.1. The summed E-state index contributed by atoms with van der Waals surface area (Å²) in [6.45, 7) is 9.69. The Morgan fingerprint density at radius 3 is 2.28 bits per heavy atom. The number of furan rings is 1. The summed E-state index contributed by atoms with van der Waals surface area (Å²) in [7, 11) is -3.14. The quantitative estimate of drug-likeness (QED) is 0.170. The van der Waals surface area contributed by atoms with Gasteiger partial charge in [0.15, 0.2) is 5.76 Å². The fourth-order valence-corrected chi connectivity index (χ4v) is 7.75. The summed E-state index contributed by atoms with van der Waals surface area (Å²) in [4.78, 5) is 0. The molecule has 43 heavy (non-hydrogen) atoms. The summed E-state index contributed by atoms with van der Waals surface area (Å²) >= 11 is 3.26. The monoisotopic (exact) mass is 694 g/mol. The van der Waals surface area contributed by atoms with Gasteiger partial charge in [0.25, 0.3) is 0 Å². The van der Waals surface area contributed by atoms with E-state index in [1.807, 2.05) is 0 Å². The first-order chi connectivity index (χ1) is 20.2. The number of halogens is 2. The molecule has 0 amide bonds. The third-order valence-electron chi connectivity index (χ3n) is 7.02. The van der Waals surface area contributed by atoms with Gasteiger partial charge < -0.3 is 19.0 Å². The lowest BCUT2D eigenvalue weighted by Crippen LogP contribution is -2.44. The van der Waals surface area contributed by atoms with Crippen LogP contribution in [0.25, 0.3) is 17.3 Å². The van der Waals surface area contributed by atoms with Gasteiger partial charge in [-0.2, -0.15) is 0 Å². The number of nitrogens with zero attached hydrogens (tertiary/aromatic N) is 4. The van der Waals surface area contributed by atoms with Gasteiger partial charge >= 0.3 is 0 Å². The standard InChI is InChI=1S/C29H36BrFN4O6SSi/c1-18-11-14-25(41-18)28-32-33-29(35(28)26-23(39-3)9-8-10-24(26)40-4)34(15-16-43(5,6)7)42(37,38)19(2)27(36)21-13-12-20(31)17-22(21)30/h8-14,17,19,27,36H,15-16H2,1-7H3/t19-,27+/m1/s1. The maximum atomic E-state index is 14.5. The molecule has 0 aliphatic carbocycles. The smallest absolute Gasteiger partial charge is 0.246 e. The molecule has 10 nitrogen and oxygen atoms in total. The zero-order chi connectivity index (χ0) is 31.7. The number of methoxy groups -OCH3 is 2. The first kappa shape index (κ1) is 32.7. The van der Waals surface area contributed by atoms with E-state index in [4.69, 9.17) is 13.9 Å². The van der Waals surface area contributed by atoms with Crippen LogP contribution in [0, 0.1) is 12.7 Å². The summed E-state index contributed by atoms with van der Waals surface area (Å²) in [5, 5.41) is 18.8. The molecule has 0 radical (unpaired) electrons. The number of para-hydroxylation sites is 1. The Morgan fingerprint density at radius 2 is 1.74 bits per heavy atom. The molecule has 2 aromatic carbocycles. The van der Waals surface area contributed by atoms with E-state index in [0.29, 0.717) is 34.8 Å². The van der Waals surface area contributed by atoms with Crippen molar-refractivity contribution in [3.8, 4) is 28.8 Å². The van der Waals surface area contributed by atoms with Crippen LogP contribution in [0.3, 0.4) is 0 Å². The molecule has 0 bridgehead atoms. The topological polar surface area (TPSA) is 120 Å². The average Bonchev–Trinajstić information content (AvgIpc) is 3.57. The summed E-state index contributed by atoms with van der Waals surface area (Å²) < 4.78 is 63.1. The van der Waals surface area contributed by atoms with Crippen molar-refractivity contribution in [2.24, 2.45) is 0 Å². The summed E-state index contributed by atoms with van der Waals surface area (Å²) in [6.07, 6.45) is -1.49. The second-order valence-corrected chi connectivity index (χ2v) is 20.0. The third kappa shape index (κ3) is 6.81. The molecule has 4 aromatic rings. The maximum absolute atomic E-state index is 14.5. The lowest BCUT2D eigenvalue weighted by Gasteiger charge is -2.31. The minimum Gasteiger partial charge on any atom is -0.494 e. The molecule has 232 valence electrons. The van der Waals surface area contributed by atoms with Gasteiger partial charge in [-0.1, -0.05) is 47.7 Å². The second kappa shape index (κ2) is 12.8. The molecule has 0 spiro atoms. The highest BCUT2D eigenvalue weighted by Gasteiger charge is 2.40. The van der Waals surface area contributed by atoms with Gasteiger partial charge in [0.05, 0.1) is 20.3 Å². The first-order valence-electron chi connectivity index (χ1n) is 13.6. The van der Waals surface area contributed by atoms with Crippen molar-refractivity contribution >= 4 is 40.0 Å². The lowest BCUT2D eigenvalue weighted by molar-refractivity contribution is 0.175.